The Hall–Kier alpha value is -3.41. The van der Waals surface area contributed by atoms with Gasteiger partial charge in [0.05, 0.1) is 5.57 Å². The van der Waals surface area contributed by atoms with Crippen molar-refractivity contribution in [1.29, 1.82) is 0 Å². The Morgan fingerprint density at radius 1 is 1.00 bits per heavy atom. The van der Waals surface area contributed by atoms with Gasteiger partial charge in [-0.2, -0.15) is 0 Å². The van der Waals surface area contributed by atoms with E-state index < -0.39 is 5.91 Å². The van der Waals surface area contributed by atoms with Gasteiger partial charge in [0.2, 0.25) is 5.91 Å². The van der Waals surface area contributed by atoms with E-state index in [1.54, 1.807) is 30.5 Å². The molecule has 0 aliphatic carbocycles. The van der Waals surface area contributed by atoms with Crippen molar-refractivity contribution in [3.8, 4) is 0 Å². The van der Waals surface area contributed by atoms with E-state index in [9.17, 15) is 14.4 Å². The van der Waals surface area contributed by atoms with Crippen molar-refractivity contribution in [2.45, 2.75) is 26.8 Å². The molecule has 2 aromatic rings. The number of imide groups is 1. The average molecular weight is 377 g/mol. The van der Waals surface area contributed by atoms with Gasteiger partial charge in [0, 0.05) is 36.0 Å². The maximum Gasteiger partial charge on any atom is 0.260 e. The van der Waals surface area contributed by atoms with Crippen LogP contribution in [0, 0.1) is 5.92 Å². The van der Waals surface area contributed by atoms with Gasteiger partial charge in [-0.15, -0.1) is 0 Å². The second-order valence-corrected chi connectivity index (χ2v) is 7.11. The summed E-state index contributed by atoms with van der Waals surface area (Å²) in [5.41, 5.74) is 3.28. The van der Waals surface area contributed by atoms with Crippen LogP contribution in [-0.4, -0.2) is 17.7 Å². The van der Waals surface area contributed by atoms with Crippen molar-refractivity contribution in [3.63, 3.8) is 0 Å². The first-order chi connectivity index (χ1) is 13.4. The molecule has 0 fully saturated rings. The highest BCUT2D eigenvalue weighted by atomic mass is 16.2. The second-order valence-electron chi connectivity index (χ2n) is 7.11. The van der Waals surface area contributed by atoms with Crippen molar-refractivity contribution < 1.29 is 14.4 Å². The zero-order chi connectivity index (χ0) is 20.1. The molecule has 6 nitrogen and oxygen atoms in total. The Morgan fingerprint density at radius 2 is 1.68 bits per heavy atom. The van der Waals surface area contributed by atoms with Crippen LogP contribution < -0.4 is 16.0 Å². The van der Waals surface area contributed by atoms with Gasteiger partial charge in [-0.25, -0.2) is 0 Å². The first-order valence-electron chi connectivity index (χ1n) is 9.21. The molecule has 0 saturated carbocycles. The van der Waals surface area contributed by atoms with Gasteiger partial charge >= 0.3 is 0 Å². The zero-order valence-corrected chi connectivity index (χ0v) is 15.9. The van der Waals surface area contributed by atoms with Crippen LogP contribution in [-0.2, 0) is 16.1 Å². The number of nitrogens with one attached hydrogen (secondary N) is 3. The number of hydrogen-bond donors (Lipinski definition) is 3. The van der Waals surface area contributed by atoms with Gasteiger partial charge in [-0.1, -0.05) is 44.2 Å². The van der Waals surface area contributed by atoms with E-state index >= 15 is 0 Å². The number of anilines is 1. The molecule has 0 spiro atoms. The van der Waals surface area contributed by atoms with Crippen LogP contribution >= 0.6 is 0 Å². The Bertz CT molecular complexity index is 930. The van der Waals surface area contributed by atoms with E-state index in [0.29, 0.717) is 35.6 Å². The van der Waals surface area contributed by atoms with E-state index in [4.69, 9.17) is 0 Å². The van der Waals surface area contributed by atoms with Crippen molar-refractivity contribution in [1.82, 2.24) is 10.6 Å². The van der Waals surface area contributed by atoms with Crippen LogP contribution in [0.3, 0.4) is 0 Å². The summed E-state index contributed by atoms with van der Waals surface area (Å²) in [6.45, 7) is 4.51. The number of carbonyl (C=O) groups is 3. The topological polar surface area (TPSA) is 87.3 Å². The van der Waals surface area contributed by atoms with Crippen molar-refractivity contribution >= 4 is 29.0 Å². The van der Waals surface area contributed by atoms with E-state index in [2.05, 4.69) is 16.0 Å². The number of hydrogen-bond acceptors (Lipinski definition) is 4. The highest BCUT2D eigenvalue weighted by molar-refractivity contribution is 6.30. The monoisotopic (exact) mass is 377 g/mol. The minimum absolute atomic E-state index is 0.00197. The third-order valence-electron chi connectivity index (χ3n) is 4.32. The fourth-order valence-corrected chi connectivity index (χ4v) is 2.98. The third-order valence-corrected chi connectivity index (χ3v) is 4.32. The lowest BCUT2D eigenvalue weighted by Gasteiger charge is -2.18. The maximum absolute atomic E-state index is 12.2. The SMILES string of the molecule is CC(C)CC(=O)Nc1ccc(CN/C=C2\C(=O)NC(=O)c3ccccc32)cc1. The molecule has 1 aliphatic rings. The Labute approximate surface area is 164 Å². The molecule has 3 rings (SSSR count). The molecule has 6 heteroatoms. The largest absolute Gasteiger partial charge is 0.386 e. The first-order valence-corrected chi connectivity index (χ1v) is 9.21. The summed E-state index contributed by atoms with van der Waals surface area (Å²) in [5, 5.41) is 8.34. The molecule has 144 valence electrons. The predicted octanol–water partition coefficient (Wildman–Crippen LogP) is 3.07. The van der Waals surface area contributed by atoms with E-state index in [-0.39, 0.29) is 11.8 Å². The molecule has 3 N–H and O–H groups in total. The number of rotatable bonds is 6. The van der Waals surface area contributed by atoms with Crippen LogP contribution in [0.5, 0.6) is 0 Å². The Morgan fingerprint density at radius 3 is 2.36 bits per heavy atom. The van der Waals surface area contributed by atoms with Crippen molar-refractivity contribution in [3.05, 3.63) is 71.4 Å². The maximum atomic E-state index is 12.2. The lowest BCUT2D eigenvalue weighted by atomic mass is 9.96. The molecule has 0 saturated heterocycles. The second kappa shape index (κ2) is 8.52. The van der Waals surface area contributed by atoms with E-state index in [1.165, 1.54) is 0 Å². The van der Waals surface area contributed by atoms with Gasteiger partial charge in [-0.3, -0.25) is 19.7 Å². The lowest BCUT2D eigenvalue weighted by Crippen LogP contribution is -2.36. The molecule has 28 heavy (non-hydrogen) atoms. The quantitative estimate of drug-likeness (QED) is 0.533. The highest BCUT2D eigenvalue weighted by Crippen LogP contribution is 2.23. The molecule has 3 amide bonds. The van der Waals surface area contributed by atoms with Crippen LogP contribution in [0.25, 0.3) is 5.57 Å². The van der Waals surface area contributed by atoms with Gasteiger partial charge in [0.1, 0.15) is 0 Å². The molecule has 0 atom stereocenters. The summed E-state index contributed by atoms with van der Waals surface area (Å²) >= 11 is 0. The summed E-state index contributed by atoms with van der Waals surface area (Å²) in [5.74, 6) is -0.483. The summed E-state index contributed by atoms with van der Waals surface area (Å²) < 4.78 is 0. The average Bonchev–Trinajstić information content (AvgIpc) is 2.65. The molecule has 0 unspecified atom stereocenters. The minimum Gasteiger partial charge on any atom is -0.386 e. The molecule has 1 heterocycles. The normalized spacial score (nSPS) is 14.6. The van der Waals surface area contributed by atoms with Crippen LogP contribution in [0.4, 0.5) is 5.69 Å². The van der Waals surface area contributed by atoms with E-state index in [1.807, 2.05) is 38.1 Å². The van der Waals surface area contributed by atoms with Crippen LogP contribution in [0.1, 0.15) is 41.8 Å². The minimum atomic E-state index is -0.417. The molecule has 0 radical (unpaired) electrons. The third kappa shape index (κ3) is 4.65. The lowest BCUT2D eigenvalue weighted by molar-refractivity contribution is -0.117. The standard InChI is InChI=1S/C22H23N3O3/c1-14(2)11-20(26)24-16-9-7-15(8-10-16)12-23-13-19-17-5-3-4-6-18(17)21(27)25-22(19)28/h3-10,13-14,23H,11-12H2,1-2H3,(H,24,26)(H,25,27,28)/b19-13-. The fraction of sp³-hybridized carbons (Fsp3) is 0.227. The number of fused-ring (bicyclic) bond motifs is 1. The van der Waals surface area contributed by atoms with E-state index in [0.717, 1.165) is 11.3 Å². The van der Waals surface area contributed by atoms with Gasteiger partial charge in [0.25, 0.3) is 11.8 Å². The van der Waals surface area contributed by atoms with Gasteiger partial charge in [-0.05, 0) is 29.7 Å². The predicted molar refractivity (Wildman–Crippen MR) is 108 cm³/mol. The zero-order valence-electron chi connectivity index (χ0n) is 15.9. The molecular weight excluding hydrogens is 354 g/mol. The molecule has 0 bridgehead atoms. The molecule has 2 aromatic carbocycles. The smallest absolute Gasteiger partial charge is 0.260 e. The van der Waals surface area contributed by atoms with Crippen molar-refractivity contribution in [2.24, 2.45) is 5.92 Å². The van der Waals surface area contributed by atoms with Gasteiger partial charge < -0.3 is 10.6 Å². The van der Waals surface area contributed by atoms with Crippen LogP contribution in [0.2, 0.25) is 0 Å². The highest BCUT2D eigenvalue weighted by Gasteiger charge is 2.26. The number of amides is 3. The first kappa shape index (κ1) is 19.4. The summed E-state index contributed by atoms with van der Waals surface area (Å²) in [6, 6.07) is 14.5. The molecule has 0 aromatic heterocycles. The Kier molecular flexibility index (Phi) is 5.89. The van der Waals surface area contributed by atoms with Gasteiger partial charge in [0.15, 0.2) is 0 Å². The fourth-order valence-electron chi connectivity index (χ4n) is 2.98. The number of benzene rings is 2. The van der Waals surface area contributed by atoms with Crippen molar-refractivity contribution in [2.75, 3.05) is 5.32 Å². The Balaban J connectivity index is 1.63. The molecule has 1 aliphatic heterocycles. The summed E-state index contributed by atoms with van der Waals surface area (Å²) in [4.78, 5) is 35.9. The van der Waals surface area contributed by atoms with Crippen LogP contribution in [0.15, 0.2) is 54.7 Å². The summed E-state index contributed by atoms with van der Waals surface area (Å²) in [7, 11) is 0. The number of carbonyl (C=O) groups excluding carboxylic acids is 3. The summed E-state index contributed by atoms with van der Waals surface area (Å²) in [6.07, 6.45) is 2.11. The molecular formula is C22H23N3O3.